The number of phosphoric acid groups is 2. The normalized spacial score (nSPS) is 14.5. The Bertz CT molecular complexity index is 2560. The number of unbranched alkanes of at least 4 members (excludes halogenated alkanes) is 31. The number of hydrogen-bond donors (Lipinski definition) is 3. The summed E-state index contributed by atoms with van der Waals surface area (Å²) < 4.78 is 68.8. The molecule has 0 saturated carbocycles. The molecule has 0 heterocycles. The lowest BCUT2D eigenvalue weighted by molar-refractivity contribution is -0.161. The van der Waals surface area contributed by atoms with Crippen molar-refractivity contribution in [3.8, 4) is 0 Å². The molecule has 5 atom stereocenters. The highest BCUT2D eigenvalue weighted by Crippen LogP contribution is 2.45. The van der Waals surface area contributed by atoms with E-state index in [4.69, 9.17) is 37.0 Å². The van der Waals surface area contributed by atoms with Crippen molar-refractivity contribution in [1.82, 2.24) is 0 Å². The van der Waals surface area contributed by atoms with Crippen LogP contribution in [0.5, 0.6) is 0 Å². The van der Waals surface area contributed by atoms with E-state index in [1.807, 2.05) is 0 Å². The van der Waals surface area contributed by atoms with Gasteiger partial charge >= 0.3 is 39.5 Å². The molecule has 0 saturated heterocycles. The van der Waals surface area contributed by atoms with Crippen LogP contribution in [0.1, 0.15) is 349 Å². The first-order valence-corrected chi connectivity index (χ1v) is 45.4. The Balaban J connectivity index is 5.41. The van der Waals surface area contributed by atoms with Crippen molar-refractivity contribution >= 4 is 39.5 Å². The van der Waals surface area contributed by atoms with Gasteiger partial charge in [0.15, 0.2) is 12.2 Å². The maximum absolute atomic E-state index is 13.1. The van der Waals surface area contributed by atoms with Crippen LogP contribution in [0.3, 0.4) is 0 Å². The van der Waals surface area contributed by atoms with E-state index in [0.29, 0.717) is 25.7 Å². The van der Waals surface area contributed by atoms with Gasteiger partial charge in [0.25, 0.3) is 0 Å². The molecule has 620 valence electrons. The van der Waals surface area contributed by atoms with Crippen LogP contribution in [0.25, 0.3) is 0 Å². The summed E-state index contributed by atoms with van der Waals surface area (Å²) in [6.07, 6.45) is 91.2. The number of ether oxygens (including phenoxy) is 4. The molecule has 0 rings (SSSR count). The average Bonchev–Trinajstić information content (AvgIpc) is 0.923. The molecule has 17 nitrogen and oxygen atoms in total. The average molecular weight is 1560 g/mol. The fraction of sp³-hybridized carbons (Fsp3) is 0.708. The second kappa shape index (κ2) is 80.3. The molecule has 3 N–H and O–H groups in total. The summed E-state index contributed by atoms with van der Waals surface area (Å²) in [6, 6.07) is 0. The van der Waals surface area contributed by atoms with Crippen molar-refractivity contribution in [3.05, 3.63) is 134 Å². The maximum Gasteiger partial charge on any atom is 0.472 e. The van der Waals surface area contributed by atoms with E-state index in [-0.39, 0.29) is 25.7 Å². The minimum absolute atomic E-state index is 0.0648. The Morgan fingerprint density at radius 2 is 0.481 bits per heavy atom. The molecule has 0 bridgehead atoms. The van der Waals surface area contributed by atoms with Crippen LogP contribution in [0, 0.1) is 0 Å². The molecular formula is C89H152O17P2. The van der Waals surface area contributed by atoms with E-state index in [1.165, 1.54) is 83.5 Å². The Labute approximate surface area is 656 Å². The molecule has 0 amide bonds. The summed E-state index contributed by atoms with van der Waals surface area (Å²) in [4.78, 5) is 73.2. The van der Waals surface area contributed by atoms with E-state index in [0.717, 1.165) is 186 Å². The molecule has 19 heteroatoms. The predicted molar refractivity (Wildman–Crippen MR) is 445 cm³/mol. The predicted octanol–water partition coefficient (Wildman–Crippen LogP) is 25.2. The zero-order valence-electron chi connectivity index (χ0n) is 68.0. The van der Waals surface area contributed by atoms with Gasteiger partial charge in [0.2, 0.25) is 0 Å². The second-order valence-corrected chi connectivity index (χ2v) is 30.9. The minimum atomic E-state index is -5.00. The molecule has 0 aromatic carbocycles. The van der Waals surface area contributed by atoms with Gasteiger partial charge in [0.05, 0.1) is 26.4 Å². The third-order valence-corrected chi connectivity index (χ3v) is 19.5. The molecule has 0 aliphatic heterocycles. The van der Waals surface area contributed by atoms with Gasteiger partial charge < -0.3 is 33.8 Å². The molecular weight excluding hydrogens is 1400 g/mol. The molecule has 0 radical (unpaired) electrons. The van der Waals surface area contributed by atoms with Gasteiger partial charge in [-0.1, -0.05) is 315 Å². The highest BCUT2D eigenvalue weighted by Gasteiger charge is 2.30. The molecule has 0 aromatic rings. The number of aliphatic hydroxyl groups excluding tert-OH is 1. The summed E-state index contributed by atoms with van der Waals surface area (Å²) in [6.45, 7) is 4.60. The molecule has 108 heavy (non-hydrogen) atoms. The largest absolute Gasteiger partial charge is 0.472 e. The van der Waals surface area contributed by atoms with Gasteiger partial charge in [-0.2, -0.15) is 0 Å². The lowest BCUT2D eigenvalue weighted by Crippen LogP contribution is -2.30. The Kier molecular flexibility index (Phi) is 76.7. The summed E-state index contributed by atoms with van der Waals surface area (Å²) in [5, 5.41) is 10.7. The molecule has 0 spiro atoms. The standard InChI is InChI=1S/C89H152O17P2/c1-5-9-13-17-21-25-29-33-37-39-41-43-47-49-53-57-61-65-69-73-86(91)99-79-84(105-88(93)75-71-67-63-59-55-51-45-35-31-27-23-19-15-11-7-3)81-103-107(95,96)101-77-83(90)78-102-108(97,98)104-82-85(106-89(94)76-72-68-64-60-56-52-46-36-32-28-24-20-16-12-8-4)80-100-87(92)74-70-66-62-58-54-50-48-44-42-40-38-34-30-26-22-18-14-10-6-2/h9,11,13,15,21-23,25-27,33-35,37-38,41-45,49,53,83-85,90H,5-8,10,12,14,16-20,24,28-32,36,39-40,46-48,50-52,54-82H2,1-4H3,(H,95,96)(H,97,98)/b13-9-,15-11-,25-21-,26-22-,27-23-,37-33-,38-34-,43-41-,44-42-,45-35-,53-49-. The Morgan fingerprint density at radius 3 is 0.769 bits per heavy atom. The van der Waals surface area contributed by atoms with Crippen molar-refractivity contribution in [2.45, 2.75) is 367 Å². The van der Waals surface area contributed by atoms with E-state index in [2.05, 4.69) is 161 Å². The molecule has 0 fully saturated rings. The number of hydrogen-bond acceptors (Lipinski definition) is 15. The highest BCUT2D eigenvalue weighted by molar-refractivity contribution is 7.47. The lowest BCUT2D eigenvalue weighted by atomic mass is 10.0. The van der Waals surface area contributed by atoms with Gasteiger partial charge in [0, 0.05) is 25.7 Å². The third-order valence-electron chi connectivity index (χ3n) is 17.6. The van der Waals surface area contributed by atoms with Crippen molar-refractivity contribution < 1.29 is 80.2 Å². The fourth-order valence-electron chi connectivity index (χ4n) is 11.2. The van der Waals surface area contributed by atoms with Crippen LogP contribution in [0.15, 0.2) is 134 Å². The zero-order valence-corrected chi connectivity index (χ0v) is 69.8. The second-order valence-electron chi connectivity index (χ2n) is 28.0. The highest BCUT2D eigenvalue weighted by atomic mass is 31.2. The van der Waals surface area contributed by atoms with Crippen molar-refractivity contribution in [2.24, 2.45) is 0 Å². The van der Waals surface area contributed by atoms with Gasteiger partial charge in [-0.3, -0.25) is 37.3 Å². The summed E-state index contributed by atoms with van der Waals surface area (Å²) in [5.74, 6) is -2.23. The van der Waals surface area contributed by atoms with E-state index in [1.54, 1.807) is 0 Å². The van der Waals surface area contributed by atoms with Crippen molar-refractivity contribution in [2.75, 3.05) is 39.6 Å². The minimum Gasteiger partial charge on any atom is -0.462 e. The summed E-state index contributed by atoms with van der Waals surface area (Å²) in [5.41, 5.74) is 0. The lowest BCUT2D eigenvalue weighted by Gasteiger charge is -2.21. The third kappa shape index (κ3) is 79.3. The van der Waals surface area contributed by atoms with E-state index < -0.39 is 97.5 Å². The van der Waals surface area contributed by atoms with Crippen LogP contribution >= 0.6 is 15.6 Å². The number of carbonyl (C=O) groups excluding carboxylic acids is 4. The van der Waals surface area contributed by atoms with Crippen LogP contribution in [0.2, 0.25) is 0 Å². The number of aliphatic hydroxyl groups is 1. The number of allylic oxidation sites excluding steroid dienone is 22. The van der Waals surface area contributed by atoms with E-state index >= 15 is 0 Å². The first-order valence-electron chi connectivity index (χ1n) is 42.4. The van der Waals surface area contributed by atoms with Gasteiger partial charge in [-0.25, -0.2) is 9.13 Å². The quantitative estimate of drug-likeness (QED) is 0.0169. The molecule has 5 unspecified atom stereocenters. The number of esters is 4. The first-order chi connectivity index (χ1) is 52.7. The number of phosphoric ester groups is 2. The van der Waals surface area contributed by atoms with Gasteiger partial charge in [0.1, 0.15) is 19.3 Å². The number of carbonyl (C=O) groups is 4. The number of rotatable bonds is 79. The van der Waals surface area contributed by atoms with Crippen LogP contribution < -0.4 is 0 Å². The fourth-order valence-corrected chi connectivity index (χ4v) is 12.8. The summed E-state index contributed by atoms with van der Waals surface area (Å²) >= 11 is 0. The Hall–Kier alpha value is -4.80. The van der Waals surface area contributed by atoms with Crippen LogP contribution in [-0.2, 0) is 65.4 Å². The zero-order chi connectivity index (χ0) is 78.9. The maximum atomic E-state index is 13.1. The molecule has 0 aromatic heterocycles. The SMILES string of the molecule is CC/C=C\C/C=C\C/C=C\C/C=C\C/C=C\CCCCCC(=O)OCC(COP(=O)(O)OCC(O)COP(=O)(O)OCC(COC(=O)CCCCCCCC/C=C\C/C=C\C/C=C\CCCCC)OC(=O)CCCCCCCCCCCCCCCCC)OC(=O)CCCCCCC/C=C\C/C=C\C/C=C\CC. The van der Waals surface area contributed by atoms with Crippen LogP contribution in [-0.4, -0.2) is 96.7 Å². The van der Waals surface area contributed by atoms with Gasteiger partial charge in [-0.15, -0.1) is 0 Å². The topological polar surface area (TPSA) is 237 Å². The Morgan fingerprint density at radius 1 is 0.269 bits per heavy atom. The van der Waals surface area contributed by atoms with E-state index in [9.17, 15) is 43.2 Å². The van der Waals surface area contributed by atoms with Crippen molar-refractivity contribution in [1.29, 1.82) is 0 Å². The molecule has 0 aliphatic carbocycles. The van der Waals surface area contributed by atoms with Crippen LogP contribution in [0.4, 0.5) is 0 Å². The smallest absolute Gasteiger partial charge is 0.462 e. The van der Waals surface area contributed by atoms with Gasteiger partial charge in [-0.05, 0) is 141 Å². The monoisotopic (exact) mass is 1560 g/mol. The first kappa shape index (κ1) is 103. The van der Waals surface area contributed by atoms with Crippen molar-refractivity contribution in [3.63, 3.8) is 0 Å². The molecule has 0 aliphatic rings. The summed E-state index contributed by atoms with van der Waals surface area (Å²) in [7, 11) is -9.98.